The van der Waals surface area contributed by atoms with Crippen molar-refractivity contribution in [3.63, 3.8) is 0 Å². The highest BCUT2D eigenvalue weighted by Gasteiger charge is 2.65. The van der Waals surface area contributed by atoms with Crippen LogP contribution in [0.15, 0.2) is 30.3 Å². The van der Waals surface area contributed by atoms with E-state index in [0.717, 1.165) is 25.7 Å². The molecule has 5 rings (SSSR count). The summed E-state index contributed by atoms with van der Waals surface area (Å²) < 4.78 is 0. The van der Waals surface area contributed by atoms with Crippen LogP contribution in [0.3, 0.4) is 0 Å². The molecule has 152 valence electrons. The van der Waals surface area contributed by atoms with Crippen molar-refractivity contribution in [2.45, 2.75) is 50.0 Å². The van der Waals surface area contributed by atoms with Gasteiger partial charge in [-0.2, -0.15) is 0 Å². The van der Waals surface area contributed by atoms with Crippen LogP contribution in [-0.4, -0.2) is 29.4 Å². The maximum Gasteiger partial charge on any atom is 0.294 e. The molecule has 4 aliphatic rings. The summed E-state index contributed by atoms with van der Waals surface area (Å²) in [5.41, 5.74) is 6.64. The molecule has 0 heterocycles. The van der Waals surface area contributed by atoms with Crippen molar-refractivity contribution in [3.05, 3.63) is 56.1 Å². The van der Waals surface area contributed by atoms with Gasteiger partial charge in [0.05, 0.1) is 0 Å². The zero-order valence-electron chi connectivity index (χ0n) is 15.6. The monoisotopic (exact) mass is 391 g/mol. The fourth-order valence-corrected chi connectivity index (χ4v) is 6.97. The van der Waals surface area contributed by atoms with Gasteiger partial charge in [0.1, 0.15) is 12.7 Å². The Labute approximate surface area is 162 Å². The molecule has 1 aromatic carbocycles. The Hall–Kier alpha value is -2.42. The molecule has 2 N–H and O–H groups in total. The smallest absolute Gasteiger partial charge is 0.294 e. The fourth-order valence-electron chi connectivity index (χ4n) is 6.97. The van der Waals surface area contributed by atoms with Gasteiger partial charge >= 0.3 is 0 Å². The molecule has 28 heavy (non-hydrogen) atoms. The summed E-state index contributed by atoms with van der Waals surface area (Å²) >= 11 is 0. The number of hydrogen-bond donors (Lipinski definition) is 1. The van der Waals surface area contributed by atoms with Gasteiger partial charge in [-0.3, -0.25) is 0 Å². The summed E-state index contributed by atoms with van der Waals surface area (Å²) in [6.07, 6.45) is 4.11. The SMILES string of the molecule is NCC12CC3CC(c4ccccc4)(C1)CC(C(CO[N+](=O)[O-])O[N+](=O)[O-])(C3)C2. The highest BCUT2D eigenvalue weighted by atomic mass is 17.0. The number of nitrogens with zero attached hydrogens (tertiary/aromatic N) is 2. The van der Waals surface area contributed by atoms with E-state index in [2.05, 4.69) is 17.0 Å². The predicted molar refractivity (Wildman–Crippen MR) is 98.0 cm³/mol. The lowest BCUT2D eigenvalue weighted by atomic mass is 9.37. The van der Waals surface area contributed by atoms with Gasteiger partial charge in [0.25, 0.3) is 10.2 Å². The number of nitrogens with two attached hydrogens (primary N) is 1. The second kappa shape index (κ2) is 6.58. The zero-order chi connectivity index (χ0) is 20.0. The van der Waals surface area contributed by atoms with Gasteiger partial charge in [-0.15, -0.1) is 20.2 Å². The van der Waals surface area contributed by atoms with Crippen LogP contribution in [0.25, 0.3) is 0 Å². The molecule has 0 saturated heterocycles. The lowest BCUT2D eigenvalue weighted by molar-refractivity contribution is -0.794. The van der Waals surface area contributed by atoms with E-state index >= 15 is 0 Å². The van der Waals surface area contributed by atoms with Crippen molar-refractivity contribution in [2.75, 3.05) is 13.2 Å². The molecule has 0 aromatic heterocycles. The molecule has 9 heteroatoms. The third-order valence-corrected chi connectivity index (χ3v) is 7.27. The summed E-state index contributed by atoms with van der Waals surface area (Å²) in [5.74, 6) is 0.369. The summed E-state index contributed by atoms with van der Waals surface area (Å²) in [5, 5.41) is 20.2. The molecule has 0 aliphatic heterocycles. The third kappa shape index (κ3) is 3.07. The van der Waals surface area contributed by atoms with Gasteiger partial charge in [0, 0.05) is 5.41 Å². The van der Waals surface area contributed by atoms with Crippen molar-refractivity contribution in [2.24, 2.45) is 22.5 Å². The van der Waals surface area contributed by atoms with E-state index in [1.807, 2.05) is 18.2 Å². The second-order valence-electron chi connectivity index (χ2n) is 9.06. The Kier molecular flexibility index (Phi) is 4.45. The lowest BCUT2D eigenvalue weighted by Crippen LogP contribution is -2.64. The minimum Gasteiger partial charge on any atom is -0.330 e. The third-order valence-electron chi connectivity index (χ3n) is 7.27. The van der Waals surface area contributed by atoms with E-state index in [-0.39, 0.29) is 10.8 Å². The predicted octanol–water partition coefficient (Wildman–Crippen LogP) is 2.64. The average molecular weight is 391 g/mol. The molecule has 4 saturated carbocycles. The molecule has 9 nitrogen and oxygen atoms in total. The van der Waals surface area contributed by atoms with Crippen molar-refractivity contribution < 1.29 is 19.8 Å². The molecule has 4 aliphatic carbocycles. The minimum absolute atomic E-state index is 0.123. The quantitative estimate of drug-likeness (QED) is 0.532. The van der Waals surface area contributed by atoms with Gasteiger partial charge < -0.3 is 15.4 Å². The number of benzene rings is 1. The van der Waals surface area contributed by atoms with E-state index in [1.165, 1.54) is 5.56 Å². The molecular formula is C19H25N3O6. The van der Waals surface area contributed by atoms with E-state index in [0.29, 0.717) is 25.3 Å². The van der Waals surface area contributed by atoms with Gasteiger partial charge in [-0.25, -0.2) is 0 Å². The van der Waals surface area contributed by atoms with Crippen LogP contribution in [-0.2, 0) is 15.1 Å². The van der Waals surface area contributed by atoms with Crippen LogP contribution in [0.1, 0.15) is 44.1 Å². The highest BCUT2D eigenvalue weighted by molar-refractivity contribution is 5.32. The average Bonchev–Trinajstić information content (AvgIpc) is 2.64. The highest BCUT2D eigenvalue weighted by Crippen LogP contribution is 2.71. The normalized spacial score (nSPS) is 36.7. The Bertz CT molecular complexity index is 776. The van der Waals surface area contributed by atoms with Crippen LogP contribution in [0.4, 0.5) is 0 Å². The van der Waals surface area contributed by atoms with Crippen molar-refractivity contribution in [1.29, 1.82) is 0 Å². The Morgan fingerprint density at radius 1 is 1.07 bits per heavy atom. The van der Waals surface area contributed by atoms with Crippen molar-refractivity contribution in [3.8, 4) is 0 Å². The fraction of sp³-hybridized carbons (Fsp3) is 0.684. The van der Waals surface area contributed by atoms with Gasteiger partial charge in [0.15, 0.2) is 0 Å². The minimum atomic E-state index is -0.981. The molecule has 4 fully saturated rings. The molecule has 0 spiro atoms. The largest absolute Gasteiger partial charge is 0.330 e. The molecular weight excluding hydrogens is 366 g/mol. The molecule has 0 radical (unpaired) electrons. The Morgan fingerprint density at radius 2 is 1.82 bits per heavy atom. The van der Waals surface area contributed by atoms with Crippen molar-refractivity contribution in [1.82, 2.24) is 0 Å². The summed E-state index contributed by atoms with van der Waals surface area (Å²) in [4.78, 5) is 31.5. The Balaban J connectivity index is 1.75. The van der Waals surface area contributed by atoms with Crippen LogP contribution in [0, 0.1) is 37.0 Å². The van der Waals surface area contributed by atoms with Crippen LogP contribution < -0.4 is 5.73 Å². The summed E-state index contributed by atoms with van der Waals surface area (Å²) in [7, 11) is 0. The maximum atomic E-state index is 11.2. The van der Waals surface area contributed by atoms with Gasteiger partial charge in [0.2, 0.25) is 0 Å². The number of rotatable bonds is 8. The first kappa shape index (κ1) is 18.9. The van der Waals surface area contributed by atoms with Crippen LogP contribution in [0.2, 0.25) is 0 Å². The van der Waals surface area contributed by atoms with Crippen molar-refractivity contribution >= 4 is 0 Å². The Morgan fingerprint density at radius 3 is 2.46 bits per heavy atom. The summed E-state index contributed by atoms with van der Waals surface area (Å²) in [6.45, 7) is 0.0628. The molecule has 4 bridgehead atoms. The summed E-state index contributed by atoms with van der Waals surface area (Å²) in [6, 6.07) is 10.2. The topological polar surface area (TPSA) is 131 Å². The lowest BCUT2D eigenvalue weighted by Gasteiger charge is -2.68. The van der Waals surface area contributed by atoms with E-state index in [4.69, 9.17) is 10.6 Å². The maximum absolute atomic E-state index is 11.2. The van der Waals surface area contributed by atoms with E-state index < -0.39 is 28.3 Å². The first-order valence-electron chi connectivity index (χ1n) is 9.65. The van der Waals surface area contributed by atoms with E-state index in [9.17, 15) is 20.2 Å². The van der Waals surface area contributed by atoms with Gasteiger partial charge in [-0.05, 0) is 67.4 Å². The molecule has 5 unspecified atom stereocenters. The molecule has 5 atom stereocenters. The van der Waals surface area contributed by atoms with Crippen LogP contribution in [0.5, 0.6) is 0 Å². The van der Waals surface area contributed by atoms with E-state index in [1.54, 1.807) is 0 Å². The number of hydrogen-bond acceptors (Lipinski definition) is 7. The van der Waals surface area contributed by atoms with Crippen LogP contribution >= 0.6 is 0 Å². The first-order valence-corrected chi connectivity index (χ1v) is 9.65. The zero-order valence-corrected chi connectivity index (χ0v) is 15.6. The molecule has 1 aromatic rings. The standard InChI is InChI=1S/C19H25N3O6/c20-13-17-6-14-7-18(10-17,15-4-2-1-3-5-15)12-19(8-14,11-17)16(28-22(25)26)9-27-21(23)24/h1-5,14,16H,6-13,20H2. The second-order valence-corrected chi connectivity index (χ2v) is 9.06. The molecule has 0 amide bonds. The first-order chi connectivity index (χ1) is 13.3. The van der Waals surface area contributed by atoms with Gasteiger partial charge in [-0.1, -0.05) is 30.3 Å².